The van der Waals surface area contributed by atoms with E-state index in [9.17, 15) is 4.79 Å². The highest BCUT2D eigenvalue weighted by Crippen LogP contribution is 2.31. The summed E-state index contributed by atoms with van der Waals surface area (Å²) in [5, 5.41) is 5.14. The normalized spacial score (nSPS) is 14.0. The van der Waals surface area contributed by atoms with Crippen molar-refractivity contribution in [1.29, 1.82) is 0 Å². The van der Waals surface area contributed by atoms with Crippen LogP contribution < -0.4 is 0 Å². The average Bonchev–Trinajstić information content (AvgIpc) is 1.98. The number of carboxylic acids is 1. The lowest BCUT2D eigenvalue weighted by molar-refractivity contribution is -0.138. The van der Waals surface area contributed by atoms with E-state index < -0.39 is 22.1 Å². The molecule has 0 aliphatic carbocycles. The molecule has 0 bridgehead atoms. The molecule has 16 heavy (non-hydrogen) atoms. The molecule has 3 nitrogen and oxygen atoms in total. The molecule has 0 spiro atoms. The van der Waals surface area contributed by atoms with Gasteiger partial charge in [-0.05, 0) is 26.0 Å². The van der Waals surface area contributed by atoms with Crippen LogP contribution in [0.4, 0.5) is 0 Å². The Labute approximate surface area is 104 Å². The van der Waals surface area contributed by atoms with Gasteiger partial charge in [0.05, 0.1) is 31.4 Å². The molecule has 0 aromatic rings. The highest BCUT2D eigenvalue weighted by molar-refractivity contribution is 6.51. The molecular weight excluding hydrogens is 196 g/mol. The van der Waals surface area contributed by atoms with E-state index in [1.165, 1.54) is 0 Å². The lowest BCUT2D eigenvalue weighted by atomic mass is 9.43. The zero-order valence-corrected chi connectivity index (χ0v) is 9.90. The number of hydrogen-bond donors (Lipinski definition) is 1. The lowest BCUT2D eigenvalue weighted by Gasteiger charge is -2.49. The van der Waals surface area contributed by atoms with Gasteiger partial charge in [0.15, 0.2) is 7.98 Å². The van der Waals surface area contributed by atoms with Crippen LogP contribution >= 0.6 is 0 Å². The second-order valence-electron chi connectivity index (χ2n) is 5.05. The Kier molecular flexibility index (Phi) is 4.49. The first-order valence-corrected chi connectivity index (χ1v) is 4.74. The largest absolute Gasteiger partial charge is 0.482 e. The predicted molar refractivity (Wildman–Crippen MR) is 68.0 cm³/mol. The molecule has 0 aliphatic rings. The summed E-state index contributed by atoms with van der Waals surface area (Å²) < 4.78 is 0. The van der Waals surface area contributed by atoms with Crippen molar-refractivity contribution >= 4 is 45.3 Å². The van der Waals surface area contributed by atoms with E-state index >= 15 is 0 Å². The molecule has 0 heterocycles. The van der Waals surface area contributed by atoms with Gasteiger partial charge in [-0.15, -0.1) is 0 Å². The highest BCUT2D eigenvalue weighted by atomic mass is 16.4. The Balaban J connectivity index is 4.89. The Morgan fingerprint density at radius 2 is 1.56 bits per heavy atom. The molecule has 8 heteroatoms. The minimum atomic E-state index is -2.02. The molecule has 0 aliphatic heterocycles. The van der Waals surface area contributed by atoms with Crippen molar-refractivity contribution in [3.8, 4) is 0 Å². The zero-order valence-electron chi connectivity index (χ0n) is 9.90. The minimum Gasteiger partial charge on any atom is -0.482 e. The lowest BCUT2D eigenvalue weighted by Crippen LogP contribution is -2.59. The smallest absolute Gasteiger partial charge is 0.292 e. The van der Waals surface area contributed by atoms with Crippen LogP contribution in [0.15, 0.2) is 0 Å². The summed E-state index contributed by atoms with van der Waals surface area (Å²) in [5.41, 5.74) is -0.544. The minimum absolute atomic E-state index is 0.386. The van der Waals surface area contributed by atoms with Gasteiger partial charge < -0.3 is 9.92 Å². The molecular formula is C8H12B5NO2. The second-order valence-corrected chi connectivity index (χ2v) is 5.05. The molecule has 0 saturated heterocycles. The van der Waals surface area contributed by atoms with E-state index in [0.717, 1.165) is 4.81 Å². The van der Waals surface area contributed by atoms with Gasteiger partial charge in [-0.1, -0.05) is 11.8 Å². The highest BCUT2D eigenvalue weighted by Gasteiger charge is 2.37. The number of carbonyl (C=O) groups is 1. The van der Waals surface area contributed by atoms with E-state index in [0.29, 0.717) is 0 Å². The SMILES string of the molecule is [B]N(C(C)(C)C)C([B])([B])CC([B])([B])C(=O)O. The van der Waals surface area contributed by atoms with Crippen LogP contribution in [0.25, 0.3) is 0 Å². The summed E-state index contributed by atoms with van der Waals surface area (Å²) in [5.74, 6) is -1.39. The van der Waals surface area contributed by atoms with Gasteiger partial charge >= 0.3 is 0 Å². The van der Waals surface area contributed by atoms with Crippen molar-refractivity contribution in [2.75, 3.05) is 0 Å². The van der Waals surface area contributed by atoms with Crippen LogP contribution in [0.3, 0.4) is 0 Å². The van der Waals surface area contributed by atoms with Crippen molar-refractivity contribution in [2.45, 2.75) is 43.3 Å². The summed E-state index contributed by atoms with van der Waals surface area (Å²) in [4.78, 5) is 11.9. The monoisotopic (exact) mass is 209 g/mol. The van der Waals surface area contributed by atoms with Crippen LogP contribution in [0.1, 0.15) is 27.2 Å². The summed E-state index contributed by atoms with van der Waals surface area (Å²) in [6.45, 7) is 5.32. The average molecular weight is 208 g/mol. The molecule has 0 aromatic carbocycles. The molecule has 10 radical (unpaired) electrons. The van der Waals surface area contributed by atoms with Crippen molar-refractivity contribution in [2.24, 2.45) is 0 Å². The van der Waals surface area contributed by atoms with E-state index in [1.54, 1.807) is 20.8 Å². The second kappa shape index (κ2) is 4.56. The Morgan fingerprint density at radius 3 is 1.81 bits per heavy atom. The van der Waals surface area contributed by atoms with Gasteiger partial charge in [-0.2, -0.15) is 0 Å². The first-order chi connectivity index (χ1) is 6.81. The fourth-order valence-electron chi connectivity index (χ4n) is 1.25. The summed E-state index contributed by atoms with van der Waals surface area (Å²) in [6, 6.07) is 0. The molecule has 0 atom stereocenters. The topological polar surface area (TPSA) is 40.5 Å². The summed E-state index contributed by atoms with van der Waals surface area (Å²) in [7, 11) is 27.9. The van der Waals surface area contributed by atoms with E-state index in [4.69, 9.17) is 44.5 Å². The van der Waals surface area contributed by atoms with Gasteiger partial charge in [0.25, 0.3) is 5.97 Å². The molecule has 0 aromatic heterocycles. The fraction of sp³-hybridized carbons (Fsp3) is 0.875. The van der Waals surface area contributed by atoms with Crippen LogP contribution in [0, 0.1) is 0 Å². The summed E-state index contributed by atoms with van der Waals surface area (Å²) >= 11 is 0. The fourth-order valence-corrected chi connectivity index (χ4v) is 1.25. The maximum Gasteiger partial charge on any atom is 0.292 e. The Morgan fingerprint density at radius 1 is 1.19 bits per heavy atom. The summed E-state index contributed by atoms with van der Waals surface area (Å²) in [6.07, 6.45) is -0.386. The Bertz CT molecular complexity index is 274. The van der Waals surface area contributed by atoms with Crippen LogP contribution in [0.5, 0.6) is 0 Å². The van der Waals surface area contributed by atoms with E-state index in [1.807, 2.05) is 0 Å². The maximum atomic E-state index is 10.8. The Hall–Kier alpha value is -0.245. The molecule has 0 fully saturated rings. The van der Waals surface area contributed by atoms with Crippen molar-refractivity contribution < 1.29 is 9.90 Å². The maximum absolute atomic E-state index is 10.8. The van der Waals surface area contributed by atoms with E-state index in [-0.39, 0.29) is 6.42 Å². The van der Waals surface area contributed by atoms with Gasteiger partial charge in [-0.3, -0.25) is 4.79 Å². The number of nitrogens with zero attached hydrogens (tertiary/aromatic N) is 1. The van der Waals surface area contributed by atoms with Crippen LogP contribution in [0.2, 0.25) is 5.21 Å². The third-order valence-electron chi connectivity index (χ3n) is 2.15. The number of aliphatic carboxylic acids is 1. The van der Waals surface area contributed by atoms with Gasteiger partial charge in [0.2, 0.25) is 0 Å². The van der Waals surface area contributed by atoms with Gasteiger partial charge in [-0.25, -0.2) is 0 Å². The van der Waals surface area contributed by atoms with Crippen LogP contribution in [-0.2, 0) is 4.79 Å². The quantitative estimate of drug-likeness (QED) is 0.608. The van der Waals surface area contributed by atoms with Crippen molar-refractivity contribution in [1.82, 2.24) is 4.81 Å². The van der Waals surface area contributed by atoms with Crippen molar-refractivity contribution in [3.63, 3.8) is 0 Å². The van der Waals surface area contributed by atoms with E-state index in [2.05, 4.69) is 0 Å². The number of carboxylic acid groups (broad SMARTS) is 1. The molecule has 1 N–H and O–H groups in total. The third-order valence-corrected chi connectivity index (χ3v) is 2.15. The number of hydrogen-bond acceptors (Lipinski definition) is 2. The molecule has 0 rings (SSSR count). The van der Waals surface area contributed by atoms with Crippen molar-refractivity contribution in [3.05, 3.63) is 0 Å². The molecule has 0 saturated carbocycles. The first kappa shape index (κ1) is 15.8. The number of rotatable bonds is 4. The standard InChI is InChI=1S/C8H12B5NO2/c1-6(2,3)14(13)8(11,12)4-7(9,10)5(15)16/h4H2,1-3H3,(H,15,16). The first-order valence-electron chi connectivity index (χ1n) is 4.74. The predicted octanol–water partition coefficient (Wildman–Crippen LogP) is -0.911. The molecule has 0 unspecified atom stereocenters. The third kappa shape index (κ3) is 3.97. The zero-order chi connectivity index (χ0) is 13.4. The molecule has 76 valence electrons. The molecule has 0 amide bonds. The van der Waals surface area contributed by atoms with Gasteiger partial charge in [0, 0.05) is 5.54 Å². The van der Waals surface area contributed by atoms with Gasteiger partial charge in [0.1, 0.15) is 0 Å². The van der Waals surface area contributed by atoms with Crippen LogP contribution in [-0.4, -0.2) is 66.1 Å².